The molecular formula is C19H15N5O2. The molecule has 2 heterocycles. The Hall–Kier alpha value is -3.61. The minimum Gasteiger partial charge on any atom is -0.449 e. The maximum Gasteiger partial charge on any atom is 0.364 e. The quantitative estimate of drug-likeness (QED) is 0.856. The van der Waals surface area contributed by atoms with Gasteiger partial charge < -0.3 is 10.5 Å². The molecule has 2 N–H and O–H groups in total. The summed E-state index contributed by atoms with van der Waals surface area (Å²) in [4.78, 5) is 29.2. The average molecular weight is 345 g/mol. The lowest BCUT2D eigenvalue weighted by atomic mass is 10.00. The third-order valence-corrected chi connectivity index (χ3v) is 4.16. The number of carbonyl (C=O) groups excluding carboxylic acids is 1. The molecule has 4 rings (SSSR count). The Morgan fingerprint density at radius 3 is 2.00 bits per heavy atom. The summed E-state index contributed by atoms with van der Waals surface area (Å²) >= 11 is 0. The Balaban J connectivity index is 1.70. The van der Waals surface area contributed by atoms with Gasteiger partial charge in [-0.15, -0.1) is 0 Å². The molecule has 0 saturated heterocycles. The van der Waals surface area contributed by atoms with Gasteiger partial charge in [-0.3, -0.25) is 0 Å². The summed E-state index contributed by atoms with van der Waals surface area (Å²) in [7, 11) is 0. The minimum atomic E-state index is -1.62. The first kappa shape index (κ1) is 15.9. The molecule has 0 saturated carbocycles. The van der Waals surface area contributed by atoms with Gasteiger partial charge in [0.25, 0.3) is 5.66 Å². The highest BCUT2D eigenvalue weighted by Crippen LogP contribution is 2.31. The number of carbonyl (C=O) groups is 1. The van der Waals surface area contributed by atoms with Crippen LogP contribution >= 0.6 is 0 Å². The van der Waals surface area contributed by atoms with Crippen LogP contribution in [0.25, 0.3) is 0 Å². The van der Waals surface area contributed by atoms with Crippen molar-refractivity contribution in [3.63, 3.8) is 0 Å². The van der Waals surface area contributed by atoms with Gasteiger partial charge in [-0.1, -0.05) is 60.7 Å². The molecule has 0 aromatic heterocycles. The zero-order valence-electron chi connectivity index (χ0n) is 13.7. The Labute approximate surface area is 149 Å². The van der Waals surface area contributed by atoms with Crippen LogP contribution in [0.1, 0.15) is 17.2 Å². The molecule has 0 aliphatic carbocycles. The average Bonchev–Trinajstić information content (AvgIpc) is 3.14. The first-order valence-electron chi connectivity index (χ1n) is 8.01. The van der Waals surface area contributed by atoms with Gasteiger partial charge in [0.2, 0.25) is 0 Å². The maximum absolute atomic E-state index is 13.1. The van der Waals surface area contributed by atoms with Crippen LogP contribution in [0.4, 0.5) is 0 Å². The SMILES string of the molecule is NC1=NC=NC2(C(=O)OC(c3ccccc3)c3ccccc3)N=CN=C12. The van der Waals surface area contributed by atoms with Crippen molar-refractivity contribution >= 4 is 30.2 Å². The molecule has 26 heavy (non-hydrogen) atoms. The zero-order valence-corrected chi connectivity index (χ0v) is 13.7. The van der Waals surface area contributed by atoms with Gasteiger partial charge in [-0.2, -0.15) is 0 Å². The van der Waals surface area contributed by atoms with Crippen molar-refractivity contribution in [2.24, 2.45) is 25.7 Å². The molecule has 2 aliphatic heterocycles. The summed E-state index contributed by atoms with van der Waals surface area (Å²) in [6, 6.07) is 19.0. The van der Waals surface area contributed by atoms with Crippen molar-refractivity contribution < 1.29 is 9.53 Å². The lowest BCUT2D eigenvalue weighted by Gasteiger charge is -2.26. The smallest absolute Gasteiger partial charge is 0.364 e. The summed E-state index contributed by atoms with van der Waals surface area (Å²) in [5.41, 5.74) is 6.08. The summed E-state index contributed by atoms with van der Waals surface area (Å²) in [6.45, 7) is 0. The molecule has 0 amide bonds. The Kier molecular flexibility index (Phi) is 3.89. The number of hydrogen-bond donors (Lipinski definition) is 1. The van der Waals surface area contributed by atoms with E-state index in [4.69, 9.17) is 10.5 Å². The minimum absolute atomic E-state index is 0.102. The predicted molar refractivity (Wildman–Crippen MR) is 99.6 cm³/mol. The molecule has 0 fully saturated rings. The molecule has 0 bridgehead atoms. The first-order valence-corrected chi connectivity index (χ1v) is 8.01. The van der Waals surface area contributed by atoms with Crippen molar-refractivity contribution in [3.05, 3.63) is 71.8 Å². The van der Waals surface area contributed by atoms with E-state index in [-0.39, 0.29) is 11.5 Å². The zero-order chi connectivity index (χ0) is 18.0. The number of esters is 1. The van der Waals surface area contributed by atoms with Crippen molar-refractivity contribution in [3.8, 4) is 0 Å². The normalized spacial score (nSPS) is 20.5. The molecule has 7 heteroatoms. The van der Waals surface area contributed by atoms with E-state index in [9.17, 15) is 4.79 Å². The van der Waals surface area contributed by atoms with Crippen LogP contribution in [-0.4, -0.2) is 35.9 Å². The maximum atomic E-state index is 13.1. The van der Waals surface area contributed by atoms with Gasteiger partial charge in [0.05, 0.1) is 0 Å². The van der Waals surface area contributed by atoms with Crippen LogP contribution in [0.15, 0.2) is 80.6 Å². The summed E-state index contributed by atoms with van der Waals surface area (Å²) in [5, 5.41) is 0. The van der Waals surface area contributed by atoms with Crippen molar-refractivity contribution in [2.45, 2.75) is 11.8 Å². The lowest BCUT2D eigenvalue weighted by molar-refractivity contribution is -0.150. The van der Waals surface area contributed by atoms with E-state index in [0.29, 0.717) is 0 Å². The number of ether oxygens (including phenoxy) is 1. The van der Waals surface area contributed by atoms with E-state index in [1.165, 1.54) is 12.7 Å². The van der Waals surface area contributed by atoms with Crippen molar-refractivity contribution in [2.75, 3.05) is 0 Å². The van der Waals surface area contributed by atoms with Crippen LogP contribution in [-0.2, 0) is 9.53 Å². The van der Waals surface area contributed by atoms with E-state index in [2.05, 4.69) is 20.0 Å². The number of nitrogens with two attached hydrogens (primary N) is 1. The molecule has 2 aromatic carbocycles. The van der Waals surface area contributed by atoms with Crippen molar-refractivity contribution in [1.82, 2.24) is 0 Å². The largest absolute Gasteiger partial charge is 0.449 e. The summed E-state index contributed by atoms with van der Waals surface area (Å²) < 4.78 is 5.86. The molecule has 2 aromatic rings. The van der Waals surface area contributed by atoms with Gasteiger partial charge >= 0.3 is 5.97 Å². The number of aliphatic imine (C=N–C) groups is 4. The van der Waals surface area contributed by atoms with E-state index < -0.39 is 17.7 Å². The molecular weight excluding hydrogens is 330 g/mol. The fourth-order valence-corrected chi connectivity index (χ4v) is 2.87. The summed E-state index contributed by atoms with van der Waals surface area (Å²) in [5.74, 6) is -0.553. The molecule has 128 valence electrons. The van der Waals surface area contributed by atoms with Crippen LogP contribution < -0.4 is 5.73 Å². The summed E-state index contributed by atoms with van der Waals surface area (Å²) in [6.07, 6.45) is 1.85. The second kappa shape index (κ2) is 6.36. The van der Waals surface area contributed by atoms with E-state index >= 15 is 0 Å². The highest BCUT2D eigenvalue weighted by Gasteiger charge is 2.50. The van der Waals surface area contributed by atoms with E-state index in [1.807, 2.05) is 60.7 Å². The Bertz CT molecular complexity index is 911. The lowest BCUT2D eigenvalue weighted by Crippen LogP contribution is -2.50. The number of amidine groups is 1. The Morgan fingerprint density at radius 2 is 1.42 bits per heavy atom. The van der Waals surface area contributed by atoms with Gasteiger partial charge in [0, 0.05) is 0 Å². The molecule has 1 unspecified atom stereocenters. The van der Waals surface area contributed by atoms with Crippen LogP contribution in [0.5, 0.6) is 0 Å². The van der Waals surface area contributed by atoms with Crippen molar-refractivity contribution in [1.29, 1.82) is 0 Å². The van der Waals surface area contributed by atoms with Gasteiger partial charge in [0.1, 0.15) is 18.4 Å². The highest BCUT2D eigenvalue weighted by atomic mass is 16.5. The second-order valence-electron chi connectivity index (χ2n) is 5.76. The molecule has 7 nitrogen and oxygen atoms in total. The van der Waals surface area contributed by atoms with Crippen LogP contribution in [0.2, 0.25) is 0 Å². The highest BCUT2D eigenvalue weighted by molar-refractivity contribution is 6.51. The fraction of sp³-hybridized carbons (Fsp3) is 0.105. The topological polar surface area (TPSA) is 102 Å². The van der Waals surface area contributed by atoms with E-state index in [1.54, 1.807) is 0 Å². The van der Waals surface area contributed by atoms with Crippen LogP contribution in [0.3, 0.4) is 0 Å². The molecule has 1 atom stereocenters. The molecule has 0 spiro atoms. The first-order chi connectivity index (χ1) is 12.7. The standard InChI is InChI=1S/C19H15N5O2/c20-17-16-19(23-11-21-16,24-12-22-17)18(25)26-15(13-7-3-1-4-8-13)14-9-5-2-6-10-14/h1-12,15H,(H2,20,22,24). The number of hydrogen-bond acceptors (Lipinski definition) is 7. The fourth-order valence-electron chi connectivity index (χ4n) is 2.87. The third-order valence-electron chi connectivity index (χ3n) is 4.16. The molecule has 0 radical (unpaired) electrons. The third kappa shape index (κ3) is 2.59. The van der Waals surface area contributed by atoms with Crippen LogP contribution in [0, 0.1) is 0 Å². The number of fused-ring (bicyclic) bond motifs is 1. The number of nitrogens with zero attached hydrogens (tertiary/aromatic N) is 4. The van der Waals surface area contributed by atoms with Gasteiger partial charge in [-0.05, 0) is 11.1 Å². The number of rotatable bonds is 4. The number of benzene rings is 2. The monoisotopic (exact) mass is 345 g/mol. The predicted octanol–water partition coefficient (Wildman–Crippen LogP) is 1.90. The second-order valence-corrected chi connectivity index (χ2v) is 5.76. The van der Waals surface area contributed by atoms with Gasteiger partial charge in [0.15, 0.2) is 11.9 Å². The molecule has 2 aliphatic rings. The Morgan fingerprint density at radius 1 is 0.885 bits per heavy atom. The van der Waals surface area contributed by atoms with E-state index in [0.717, 1.165) is 11.1 Å². The van der Waals surface area contributed by atoms with Gasteiger partial charge in [-0.25, -0.2) is 24.8 Å².